The van der Waals surface area contributed by atoms with Gasteiger partial charge in [0.25, 0.3) is 5.91 Å². The number of hydrogen-bond donors (Lipinski definition) is 0. The Kier molecular flexibility index (Phi) is 2.97. The van der Waals surface area contributed by atoms with E-state index >= 15 is 0 Å². The Bertz CT molecular complexity index is 359. The third-order valence-corrected chi connectivity index (χ3v) is 2.34. The summed E-state index contributed by atoms with van der Waals surface area (Å²) in [6, 6.07) is 5.42. The van der Waals surface area contributed by atoms with Crippen LogP contribution in [0.4, 0.5) is 0 Å². The predicted molar refractivity (Wildman–Crippen MR) is 55.2 cm³/mol. The number of nitrogens with zero attached hydrogens (tertiary/aromatic N) is 2. The number of carbonyl (C=O) groups excluding carboxylic acids is 1. The molecule has 2 heterocycles. The highest BCUT2D eigenvalue weighted by Crippen LogP contribution is 2.10. The molecule has 0 N–H and O–H groups in total. The van der Waals surface area contributed by atoms with Gasteiger partial charge in [0, 0.05) is 12.2 Å². The van der Waals surface area contributed by atoms with Crippen molar-refractivity contribution in [2.45, 2.75) is 19.8 Å². The number of hydroxylamine groups is 2. The predicted octanol–water partition coefficient (Wildman–Crippen LogP) is 1.56. The van der Waals surface area contributed by atoms with E-state index in [0.29, 0.717) is 18.8 Å². The topological polar surface area (TPSA) is 42.4 Å². The maximum atomic E-state index is 11.9. The van der Waals surface area contributed by atoms with Crippen LogP contribution < -0.4 is 0 Å². The smallest absolute Gasteiger partial charge is 0.271 e. The van der Waals surface area contributed by atoms with Gasteiger partial charge in [-0.15, -0.1) is 0 Å². The van der Waals surface area contributed by atoms with Gasteiger partial charge in [-0.3, -0.25) is 9.63 Å². The standard InChI is InChI=1S/C11H14N2O2/c1-9-5-4-6-10(12-9)11(14)13-7-2-3-8-15-13/h4-6H,2-3,7-8H2,1H3. The van der Waals surface area contributed by atoms with Crippen molar-refractivity contribution in [3.8, 4) is 0 Å². The van der Waals surface area contributed by atoms with E-state index in [2.05, 4.69) is 4.98 Å². The molecule has 4 nitrogen and oxygen atoms in total. The van der Waals surface area contributed by atoms with Crippen molar-refractivity contribution < 1.29 is 9.63 Å². The van der Waals surface area contributed by atoms with E-state index in [-0.39, 0.29) is 5.91 Å². The summed E-state index contributed by atoms with van der Waals surface area (Å²) in [6.45, 7) is 3.15. The fourth-order valence-corrected chi connectivity index (χ4v) is 1.55. The first-order valence-electron chi connectivity index (χ1n) is 5.16. The van der Waals surface area contributed by atoms with Gasteiger partial charge in [-0.05, 0) is 31.9 Å². The average molecular weight is 206 g/mol. The van der Waals surface area contributed by atoms with E-state index in [1.165, 1.54) is 5.06 Å². The van der Waals surface area contributed by atoms with E-state index in [1.807, 2.05) is 19.1 Å². The fraction of sp³-hybridized carbons (Fsp3) is 0.455. The van der Waals surface area contributed by atoms with Crippen molar-refractivity contribution >= 4 is 5.91 Å². The number of amides is 1. The maximum Gasteiger partial charge on any atom is 0.295 e. The third kappa shape index (κ3) is 2.33. The number of aryl methyl sites for hydroxylation is 1. The summed E-state index contributed by atoms with van der Waals surface area (Å²) >= 11 is 0. The molecule has 2 rings (SSSR count). The Morgan fingerprint density at radius 2 is 2.33 bits per heavy atom. The molecule has 15 heavy (non-hydrogen) atoms. The van der Waals surface area contributed by atoms with Crippen LogP contribution in [0, 0.1) is 6.92 Å². The quantitative estimate of drug-likeness (QED) is 0.700. The lowest BCUT2D eigenvalue weighted by atomic mass is 10.2. The second-order valence-corrected chi connectivity index (χ2v) is 3.61. The van der Waals surface area contributed by atoms with Crippen LogP contribution >= 0.6 is 0 Å². The molecule has 0 atom stereocenters. The molecule has 1 aromatic heterocycles. The monoisotopic (exact) mass is 206 g/mol. The molecule has 1 amide bonds. The van der Waals surface area contributed by atoms with Gasteiger partial charge in [0.15, 0.2) is 0 Å². The Labute approximate surface area is 88.8 Å². The first-order valence-corrected chi connectivity index (χ1v) is 5.16. The number of hydrogen-bond acceptors (Lipinski definition) is 3. The highest BCUT2D eigenvalue weighted by molar-refractivity contribution is 5.91. The van der Waals surface area contributed by atoms with Gasteiger partial charge < -0.3 is 0 Å². The molecule has 0 aromatic carbocycles. The SMILES string of the molecule is Cc1cccc(C(=O)N2CCCCO2)n1. The van der Waals surface area contributed by atoms with Crippen LogP contribution in [0.15, 0.2) is 18.2 Å². The van der Waals surface area contributed by atoms with Crippen molar-refractivity contribution in [3.05, 3.63) is 29.6 Å². The number of carbonyl (C=O) groups is 1. The summed E-state index contributed by atoms with van der Waals surface area (Å²) in [5, 5.41) is 1.41. The zero-order valence-electron chi connectivity index (χ0n) is 8.77. The molecule has 4 heteroatoms. The van der Waals surface area contributed by atoms with Crippen LogP contribution in [0.3, 0.4) is 0 Å². The molecule has 0 spiro atoms. The molecule has 1 saturated heterocycles. The van der Waals surface area contributed by atoms with Crippen molar-refractivity contribution in [2.24, 2.45) is 0 Å². The van der Waals surface area contributed by atoms with Gasteiger partial charge in [0.2, 0.25) is 0 Å². The summed E-state index contributed by atoms with van der Waals surface area (Å²) in [7, 11) is 0. The summed E-state index contributed by atoms with van der Waals surface area (Å²) in [5.74, 6) is -0.140. The largest absolute Gasteiger partial charge is 0.295 e. The maximum absolute atomic E-state index is 11.9. The van der Waals surface area contributed by atoms with Crippen LogP contribution in [0.25, 0.3) is 0 Å². The Morgan fingerprint density at radius 1 is 1.47 bits per heavy atom. The molecule has 0 saturated carbocycles. The highest BCUT2D eigenvalue weighted by atomic mass is 16.7. The molecule has 1 aromatic rings. The molecule has 80 valence electrons. The lowest BCUT2D eigenvalue weighted by Crippen LogP contribution is -2.36. The van der Waals surface area contributed by atoms with Crippen LogP contribution in [0.2, 0.25) is 0 Å². The number of pyridine rings is 1. The molecule has 0 unspecified atom stereocenters. The lowest BCUT2D eigenvalue weighted by molar-refractivity contribution is -0.144. The molecule has 0 radical (unpaired) electrons. The lowest BCUT2D eigenvalue weighted by Gasteiger charge is -2.25. The first-order chi connectivity index (χ1) is 7.27. The van der Waals surface area contributed by atoms with Gasteiger partial charge in [0.1, 0.15) is 5.69 Å². The highest BCUT2D eigenvalue weighted by Gasteiger charge is 2.20. The normalized spacial score (nSPS) is 16.5. The summed E-state index contributed by atoms with van der Waals surface area (Å²) in [6.07, 6.45) is 2.02. The molecule has 1 fully saturated rings. The third-order valence-electron chi connectivity index (χ3n) is 2.34. The molecular weight excluding hydrogens is 192 g/mol. The molecular formula is C11H14N2O2. The Balaban J connectivity index is 2.12. The van der Waals surface area contributed by atoms with Crippen molar-refractivity contribution in [3.63, 3.8) is 0 Å². The molecule has 1 aliphatic heterocycles. The van der Waals surface area contributed by atoms with E-state index in [1.54, 1.807) is 6.07 Å². The van der Waals surface area contributed by atoms with Gasteiger partial charge in [-0.1, -0.05) is 6.07 Å². The van der Waals surface area contributed by atoms with Crippen LogP contribution in [-0.4, -0.2) is 29.1 Å². The zero-order valence-corrected chi connectivity index (χ0v) is 8.77. The van der Waals surface area contributed by atoms with Gasteiger partial charge in [-0.25, -0.2) is 10.0 Å². The fourth-order valence-electron chi connectivity index (χ4n) is 1.55. The minimum atomic E-state index is -0.140. The van der Waals surface area contributed by atoms with Gasteiger partial charge in [-0.2, -0.15) is 0 Å². The van der Waals surface area contributed by atoms with Crippen LogP contribution in [-0.2, 0) is 4.84 Å². The second-order valence-electron chi connectivity index (χ2n) is 3.61. The van der Waals surface area contributed by atoms with Crippen molar-refractivity contribution in [1.29, 1.82) is 0 Å². The van der Waals surface area contributed by atoms with Gasteiger partial charge in [0.05, 0.1) is 6.61 Å². The van der Waals surface area contributed by atoms with Gasteiger partial charge >= 0.3 is 0 Å². The number of aromatic nitrogens is 1. The summed E-state index contributed by atoms with van der Waals surface area (Å²) < 4.78 is 0. The molecule has 1 aliphatic rings. The van der Waals surface area contributed by atoms with E-state index in [0.717, 1.165) is 18.5 Å². The average Bonchev–Trinajstić information content (AvgIpc) is 2.29. The van der Waals surface area contributed by atoms with Crippen molar-refractivity contribution in [2.75, 3.05) is 13.2 Å². The second kappa shape index (κ2) is 4.40. The first kappa shape index (κ1) is 10.1. The Hall–Kier alpha value is -1.42. The number of rotatable bonds is 1. The Morgan fingerprint density at radius 3 is 3.00 bits per heavy atom. The van der Waals surface area contributed by atoms with Crippen molar-refractivity contribution in [1.82, 2.24) is 10.0 Å². The minimum Gasteiger partial charge on any atom is -0.271 e. The van der Waals surface area contributed by atoms with Crippen LogP contribution in [0.1, 0.15) is 29.0 Å². The van der Waals surface area contributed by atoms with E-state index in [4.69, 9.17) is 4.84 Å². The van der Waals surface area contributed by atoms with E-state index in [9.17, 15) is 4.79 Å². The molecule has 0 bridgehead atoms. The molecule has 0 aliphatic carbocycles. The minimum absolute atomic E-state index is 0.140. The van der Waals surface area contributed by atoms with E-state index < -0.39 is 0 Å². The zero-order chi connectivity index (χ0) is 10.7. The summed E-state index contributed by atoms with van der Waals surface area (Å²) in [5.41, 5.74) is 1.30. The summed E-state index contributed by atoms with van der Waals surface area (Å²) in [4.78, 5) is 21.3. The van der Waals surface area contributed by atoms with Crippen LogP contribution in [0.5, 0.6) is 0 Å².